The number of carboxylic acid groups (broad SMARTS) is 1. The molecule has 2 aliphatic heterocycles. The molecule has 9 heteroatoms. The van der Waals surface area contributed by atoms with Gasteiger partial charge in [-0.2, -0.15) is 10.1 Å². The zero-order valence-electron chi connectivity index (χ0n) is 13.9. The highest BCUT2D eigenvalue weighted by Gasteiger charge is 2.39. The average Bonchev–Trinajstić information content (AvgIpc) is 3.34. The number of thioether (sulfide) groups is 1. The highest BCUT2D eigenvalue weighted by molar-refractivity contribution is 9.10. The molecule has 1 aromatic heterocycles. The van der Waals surface area contributed by atoms with E-state index in [1.807, 2.05) is 41.8 Å². The van der Waals surface area contributed by atoms with E-state index in [1.54, 1.807) is 16.3 Å². The van der Waals surface area contributed by atoms with Gasteiger partial charge in [-0.05, 0) is 29.1 Å². The summed E-state index contributed by atoms with van der Waals surface area (Å²) in [5.74, 6) is -1.42. The quantitative estimate of drug-likeness (QED) is 0.736. The standard InChI is InChI=1S/C18H14BrN3O3S2/c19-11-4-1-3-10(7-11)12-8-13(14-5-2-6-26-14)22(21-12)18-20-17(25)15(27-18)9-16(23)24/h1-7,13,15H,8-9H2,(H,23,24). The zero-order valence-corrected chi connectivity index (χ0v) is 17.1. The van der Waals surface area contributed by atoms with Crippen LogP contribution in [0.25, 0.3) is 0 Å². The number of hydrogen-bond acceptors (Lipinski definition) is 6. The van der Waals surface area contributed by atoms with E-state index in [2.05, 4.69) is 20.9 Å². The van der Waals surface area contributed by atoms with Crippen molar-refractivity contribution in [3.8, 4) is 0 Å². The number of carbonyl (C=O) groups excluding carboxylic acids is 1. The number of aliphatic carboxylic acids is 1. The van der Waals surface area contributed by atoms with Crippen LogP contribution in [0.1, 0.15) is 29.3 Å². The van der Waals surface area contributed by atoms with Gasteiger partial charge >= 0.3 is 5.97 Å². The number of amidine groups is 1. The Morgan fingerprint density at radius 1 is 1.33 bits per heavy atom. The Balaban J connectivity index is 1.66. The van der Waals surface area contributed by atoms with Crippen LogP contribution in [-0.2, 0) is 9.59 Å². The van der Waals surface area contributed by atoms with E-state index in [9.17, 15) is 9.59 Å². The molecule has 138 valence electrons. The smallest absolute Gasteiger partial charge is 0.305 e. The van der Waals surface area contributed by atoms with Crippen LogP contribution in [0, 0.1) is 0 Å². The number of nitrogens with zero attached hydrogens (tertiary/aromatic N) is 3. The lowest BCUT2D eigenvalue weighted by Crippen LogP contribution is -2.23. The Morgan fingerprint density at radius 3 is 2.89 bits per heavy atom. The van der Waals surface area contributed by atoms with Crippen LogP contribution in [0.2, 0.25) is 0 Å². The Morgan fingerprint density at radius 2 is 2.19 bits per heavy atom. The summed E-state index contributed by atoms with van der Waals surface area (Å²) in [5.41, 5.74) is 1.91. The van der Waals surface area contributed by atoms with Crippen molar-refractivity contribution in [3.05, 3.63) is 56.7 Å². The van der Waals surface area contributed by atoms with Gasteiger partial charge in [0.05, 0.1) is 18.2 Å². The van der Waals surface area contributed by atoms with Crippen molar-refractivity contribution in [1.29, 1.82) is 0 Å². The molecule has 0 saturated heterocycles. The van der Waals surface area contributed by atoms with Crippen LogP contribution in [0.4, 0.5) is 0 Å². The third-order valence-corrected chi connectivity index (χ3v) is 6.83. The fourth-order valence-electron chi connectivity index (χ4n) is 2.99. The largest absolute Gasteiger partial charge is 0.481 e. The summed E-state index contributed by atoms with van der Waals surface area (Å²) in [6, 6.07) is 11.9. The molecule has 1 aromatic carbocycles. The summed E-state index contributed by atoms with van der Waals surface area (Å²) >= 11 is 6.30. The first-order valence-corrected chi connectivity index (χ1v) is 10.7. The SMILES string of the molecule is O=C(O)CC1SC(N2N=C(c3cccc(Br)c3)CC2c2cccs2)=NC1=O. The maximum atomic E-state index is 12.1. The van der Waals surface area contributed by atoms with E-state index in [0.29, 0.717) is 11.6 Å². The topological polar surface area (TPSA) is 82.3 Å². The third-order valence-electron chi connectivity index (χ3n) is 4.22. The zero-order chi connectivity index (χ0) is 19.0. The minimum absolute atomic E-state index is 0.0541. The van der Waals surface area contributed by atoms with Gasteiger partial charge in [-0.3, -0.25) is 9.59 Å². The normalized spacial score (nSPS) is 22.1. The van der Waals surface area contributed by atoms with Crippen LogP contribution in [-0.4, -0.2) is 38.1 Å². The summed E-state index contributed by atoms with van der Waals surface area (Å²) in [7, 11) is 0. The van der Waals surface area contributed by atoms with Gasteiger partial charge in [0, 0.05) is 15.8 Å². The van der Waals surface area contributed by atoms with Crippen LogP contribution in [0.5, 0.6) is 0 Å². The van der Waals surface area contributed by atoms with E-state index in [1.165, 1.54) is 11.8 Å². The molecule has 2 aromatic rings. The summed E-state index contributed by atoms with van der Waals surface area (Å²) < 4.78 is 0.970. The molecular weight excluding hydrogens is 450 g/mol. The number of halogens is 1. The molecule has 2 atom stereocenters. The van der Waals surface area contributed by atoms with Crippen LogP contribution < -0.4 is 0 Å². The van der Waals surface area contributed by atoms with Gasteiger partial charge < -0.3 is 5.11 Å². The second-order valence-electron chi connectivity index (χ2n) is 6.07. The molecule has 1 amide bonds. The molecule has 0 fully saturated rings. The minimum Gasteiger partial charge on any atom is -0.481 e. The van der Waals surface area contributed by atoms with Gasteiger partial charge in [0.1, 0.15) is 5.25 Å². The predicted molar refractivity (Wildman–Crippen MR) is 110 cm³/mol. The van der Waals surface area contributed by atoms with E-state index in [-0.39, 0.29) is 12.5 Å². The Hall–Kier alpha value is -1.97. The Labute approximate surface area is 172 Å². The molecule has 0 spiro atoms. The molecule has 4 rings (SSSR count). The van der Waals surface area contributed by atoms with Crippen molar-refractivity contribution < 1.29 is 14.7 Å². The number of carboxylic acids is 1. The lowest BCUT2D eigenvalue weighted by molar-refractivity contribution is -0.138. The number of hydrazone groups is 1. The maximum absolute atomic E-state index is 12.1. The molecule has 0 bridgehead atoms. The summed E-state index contributed by atoms with van der Waals surface area (Å²) in [5, 5.41) is 17.3. The number of aliphatic imine (C=N–C) groups is 1. The number of benzene rings is 1. The number of rotatable bonds is 4. The fourth-order valence-corrected chi connectivity index (χ4v) is 5.26. The van der Waals surface area contributed by atoms with Crippen molar-refractivity contribution >= 4 is 61.8 Å². The van der Waals surface area contributed by atoms with E-state index < -0.39 is 17.1 Å². The van der Waals surface area contributed by atoms with Gasteiger partial charge in [0.25, 0.3) is 5.91 Å². The van der Waals surface area contributed by atoms with E-state index in [4.69, 9.17) is 10.2 Å². The first-order chi connectivity index (χ1) is 13.0. The summed E-state index contributed by atoms with van der Waals surface area (Å²) in [6.45, 7) is 0. The highest BCUT2D eigenvalue weighted by atomic mass is 79.9. The second-order valence-corrected chi connectivity index (χ2v) is 9.14. The Kier molecular flexibility index (Phi) is 5.16. The molecule has 1 N–H and O–H groups in total. The number of carbonyl (C=O) groups is 2. The van der Waals surface area contributed by atoms with Crippen molar-refractivity contribution in [1.82, 2.24) is 5.01 Å². The monoisotopic (exact) mass is 463 g/mol. The summed E-state index contributed by atoms with van der Waals surface area (Å²) in [6.07, 6.45) is 0.449. The maximum Gasteiger partial charge on any atom is 0.305 e. The molecule has 2 aliphatic rings. The Bertz CT molecular complexity index is 959. The van der Waals surface area contributed by atoms with Crippen molar-refractivity contribution in [2.45, 2.75) is 24.1 Å². The number of hydrogen-bond donors (Lipinski definition) is 1. The third kappa shape index (κ3) is 3.85. The average molecular weight is 464 g/mol. The first kappa shape index (κ1) is 18.4. The van der Waals surface area contributed by atoms with Crippen LogP contribution in [0.15, 0.2) is 56.3 Å². The molecule has 27 heavy (non-hydrogen) atoms. The van der Waals surface area contributed by atoms with Gasteiger partial charge in [-0.15, -0.1) is 11.3 Å². The van der Waals surface area contributed by atoms with Crippen LogP contribution in [0.3, 0.4) is 0 Å². The highest BCUT2D eigenvalue weighted by Crippen LogP contribution is 2.40. The van der Waals surface area contributed by atoms with Crippen LogP contribution >= 0.6 is 39.0 Å². The predicted octanol–water partition coefficient (Wildman–Crippen LogP) is 4.13. The summed E-state index contributed by atoms with van der Waals surface area (Å²) in [4.78, 5) is 28.3. The number of amides is 1. The number of thiophene rings is 1. The van der Waals surface area contributed by atoms with Gasteiger partial charge in [-0.1, -0.05) is 45.9 Å². The van der Waals surface area contributed by atoms with Gasteiger partial charge in [-0.25, -0.2) is 5.01 Å². The fraction of sp³-hybridized carbons (Fsp3) is 0.222. The molecule has 0 radical (unpaired) electrons. The van der Waals surface area contributed by atoms with Crippen molar-refractivity contribution in [3.63, 3.8) is 0 Å². The van der Waals surface area contributed by atoms with Gasteiger partial charge in [0.2, 0.25) is 0 Å². The molecule has 0 saturated carbocycles. The molecule has 2 unspecified atom stereocenters. The van der Waals surface area contributed by atoms with E-state index in [0.717, 1.165) is 20.6 Å². The lowest BCUT2D eigenvalue weighted by Gasteiger charge is -2.21. The molecule has 3 heterocycles. The molecule has 0 aliphatic carbocycles. The van der Waals surface area contributed by atoms with Crippen molar-refractivity contribution in [2.75, 3.05) is 0 Å². The van der Waals surface area contributed by atoms with Gasteiger partial charge in [0.15, 0.2) is 5.17 Å². The second kappa shape index (κ2) is 7.57. The molecular formula is C18H14BrN3O3S2. The van der Waals surface area contributed by atoms with E-state index >= 15 is 0 Å². The lowest BCUT2D eigenvalue weighted by atomic mass is 10.0. The van der Waals surface area contributed by atoms with Crippen molar-refractivity contribution in [2.24, 2.45) is 10.1 Å². The first-order valence-electron chi connectivity index (χ1n) is 8.18. The minimum atomic E-state index is -1.01. The molecule has 6 nitrogen and oxygen atoms in total.